The number of aromatic nitrogens is 1. The van der Waals surface area contributed by atoms with Crippen LogP contribution in [0.25, 0.3) is 0 Å². The number of benzene rings is 1. The third-order valence-electron chi connectivity index (χ3n) is 3.27. The maximum Gasteiger partial charge on any atom is 0.491 e. The van der Waals surface area contributed by atoms with Gasteiger partial charge in [0.25, 0.3) is 5.91 Å². The van der Waals surface area contributed by atoms with Gasteiger partial charge in [-0.05, 0) is 35.6 Å². The van der Waals surface area contributed by atoms with Crippen LogP contribution in [0.5, 0.6) is 0 Å². The highest BCUT2D eigenvalue weighted by Gasteiger charge is 2.25. The Kier molecular flexibility index (Phi) is 3.68. The highest BCUT2D eigenvalue weighted by Crippen LogP contribution is 2.13. The topological polar surface area (TPSA) is 71.5 Å². The van der Waals surface area contributed by atoms with Crippen LogP contribution < -0.4 is 10.8 Å². The molecule has 21 heavy (non-hydrogen) atoms. The van der Waals surface area contributed by atoms with E-state index < -0.39 is 18.8 Å². The lowest BCUT2D eigenvalue weighted by Gasteiger charge is -2.19. The highest BCUT2D eigenvalue weighted by molar-refractivity contribution is 6.61. The molecule has 2 aromatic rings. The monoisotopic (exact) mass is 286 g/mol. The number of fused-ring (bicyclic) bond motifs is 1. The van der Waals surface area contributed by atoms with Crippen LogP contribution in [0.15, 0.2) is 36.5 Å². The summed E-state index contributed by atoms with van der Waals surface area (Å²) in [7, 11) is -0.988. The molecule has 0 unspecified atom stereocenters. The van der Waals surface area contributed by atoms with Gasteiger partial charge in [-0.1, -0.05) is 6.07 Å². The first-order valence-electron chi connectivity index (χ1n) is 6.49. The minimum Gasteiger partial charge on any atom is -0.423 e. The molecule has 0 aliphatic carbocycles. The van der Waals surface area contributed by atoms with Crippen LogP contribution in [0.2, 0.25) is 0 Å². The van der Waals surface area contributed by atoms with E-state index in [0.29, 0.717) is 24.2 Å². The predicted molar refractivity (Wildman–Crippen MR) is 75.9 cm³/mol. The van der Waals surface area contributed by atoms with E-state index in [4.69, 9.17) is 4.65 Å². The lowest BCUT2D eigenvalue weighted by molar-refractivity contribution is 0.102. The van der Waals surface area contributed by atoms with E-state index in [9.17, 15) is 14.2 Å². The van der Waals surface area contributed by atoms with E-state index in [-0.39, 0.29) is 5.69 Å². The summed E-state index contributed by atoms with van der Waals surface area (Å²) < 4.78 is 18.2. The van der Waals surface area contributed by atoms with Gasteiger partial charge in [-0.2, -0.15) is 0 Å². The van der Waals surface area contributed by atoms with Gasteiger partial charge in [0, 0.05) is 24.6 Å². The number of hydrogen-bond acceptors (Lipinski definition) is 4. The summed E-state index contributed by atoms with van der Waals surface area (Å²) in [5, 5.41) is 12.4. The van der Waals surface area contributed by atoms with E-state index in [1.807, 2.05) is 6.07 Å². The SMILES string of the molecule is O=C(Nc1ccc2c(c1)B(O)OCC2)c1cc(F)ccn1. The molecule has 0 bridgehead atoms. The summed E-state index contributed by atoms with van der Waals surface area (Å²) in [4.78, 5) is 15.8. The fourth-order valence-corrected chi connectivity index (χ4v) is 2.22. The van der Waals surface area contributed by atoms with Gasteiger partial charge in [0.15, 0.2) is 0 Å². The first-order valence-corrected chi connectivity index (χ1v) is 6.49. The van der Waals surface area contributed by atoms with E-state index in [1.165, 1.54) is 12.3 Å². The van der Waals surface area contributed by atoms with E-state index in [0.717, 1.165) is 11.6 Å². The van der Waals surface area contributed by atoms with Crippen LogP contribution >= 0.6 is 0 Å². The Morgan fingerprint density at radius 3 is 3.05 bits per heavy atom. The second kappa shape index (κ2) is 5.63. The highest BCUT2D eigenvalue weighted by atomic mass is 19.1. The fraction of sp³-hybridized carbons (Fsp3) is 0.143. The fourth-order valence-electron chi connectivity index (χ4n) is 2.22. The molecule has 2 N–H and O–H groups in total. The molecule has 3 rings (SSSR count). The molecule has 0 saturated carbocycles. The molecule has 0 atom stereocenters. The molecule has 0 spiro atoms. The Morgan fingerprint density at radius 2 is 2.24 bits per heavy atom. The van der Waals surface area contributed by atoms with Gasteiger partial charge in [-0.15, -0.1) is 0 Å². The lowest BCUT2D eigenvalue weighted by atomic mass is 9.73. The molecule has 1 aromatic carbocycles. The van der Waals surface area contributed by atoms with Crippen molar-refractivity contribution in [2.24, 2.45) is 0 Å². The third-order valence-corrected chi connectivity index (χ3v) is 3.27. The van der Waals surface area contributed by atoms with Gasteiger partial charge in [0.2, 0.25) is 0 Å². The van der Waals surface area contributed by atoms with Crippen LogP contribution in [0.1, 0.15) is 16.1 Å². The number of anilines is 1. The second-order valence-electron chi connectivity index (χ2n) is 4.70. The summed E-state index contributed by atoms with van der Waals surface area (Å²) in [5.74, 6) is -1.04. The normalized spacial score (nSPS) is 13.7. The molecule has 1 amide bonds. The molecular weight excluding hydrogens is 274 g/mol. The molecule has 1 aliphatic heterocycles. The first kappa shape index (κ1) is 13.7. The van der Waals surface area contributed by atoms with Crippen molar-refractivity contribution in [3.8, 4) is 0 Å². The number of hydrogen-bond donors (Lipinski definition) is 2. The molecular formula is C14H12BFN2O3. The smallest absolute Gasteiger partial charge is 0.423 e. The van der Waals surface area contributed by atoms with E-state index in [2.05, 4.69) is 10.3 Å². The number of pyridine rings is 1. The van der Waals surface area contributed by atoms with Gasteiger partial charge >= 0.3 is 7.12 Å². The maximum absolute atomic E-state index is 13.1. The number of nitrogens with one attached hydrogen (secondary N) is 1. The summed E-state index contributed by atoms with van der Waals surface area (Å²) in [6.07, 6.45) is 1.95. The lowest BCUT2D eigenvalue weighted by Crippen LogP contribution is -2.41. The van der Waals surface area contributed by atoms with Crippen LogP contribution in [-0.2, 0) is 11.1 Å². The van der Waals surface area contributed by atoms with Crippen LogP contribution in [0.4, 0.5) is 10.1 Å². The van der Waals surface area contributed by atoms with Gasteiger partial charge in [-0.25, -0.2) is 4.39 Å². The maximum atomic E-state index is 13.1. The number of nitrogens with zero attached hydrogens (tertiary/aromatic N) is 1. The van der Waals surface area contributed by atoms with Crippen LogP contribution in [0.3, 0.4) is 0 Å². The molecule has 5 nitrogen and oxygen atoms in total. The van der Waals surface area contributed by atoms with E-state index >= 15 is 0 Å². The molecule has 0 radical (unpaired) electrons. The van der Waals surface area contributed by atoms with E-state index in [1.54, 1.807) is 12.1 Å². The minimum atomic E-state index is -0.988. The minimum absolute atomic E-state index is 0.00970. The second-order valence-corrected chi connectivity index (χ2v) is 4.70. The summed E-state index contributed by atoms with van der Waals surface area (Å²) in [5.41, 5.74) is 2.10. The average Bonchev–Trinajstić information content (AvgIpc) is 2.48. The quantitative estimate of drug-likeness (QED) is 0.798. The van der Waals surface area contributed by atoms with Gasteiger partial charge in [0.05, 0.1) is 0 Å². The van der Waals surface area contributed by atoms with Crippen molar-refractivity contribution in [3.63, 3.8) is 0 Å². The predicted octanol–water partition coefficient (Wildman–Crippen LogP) is 0.733. The zero-order chi connectivity index (χ0) is 14.8. The third kappa shape index (κ3) is 2.93. The van der Waals surface area contributed by atoms with Crippen molar-refractivity contribution in [2.75, 3.05) is 11.9 Å². The summed E-state index contributed by atoms with van der Waals surface area (Å²) in [6.45, 7) is 0.465. The zero-order valence-corrected chi connectivity index (χ0v) is 11.0. The number of carbonyl (C=O) groups is 1. The van der Waals surface area contributed by atoms with Gasteiger partial charge in [0.1, 0.15) is 11.5 Å². The first-order chi connectivity index (χ1) is 10.1. The Bertz CT molecular complexity index is 696. The Hall–Kier alpha value is -2.25. The standard InChI is InChI=1S/C14H12BFN2O3/c16-10-3-5-17-13(7-10)14(19)18-11-2-1-9-4-6-21-15(20)12(9)8-11/h1-3,5,7-8,20H,4,6H2,(H,18,19). The molecule has 1 aliphatic rings. The molecule has 1 aromatic heterocycles. The van der Waals surface area contributed by atoms with Crippen molar-refractivity contribution < 1.29 is 18.9 Å². The zero-order valence-electron chi connectivity index (χ0n) is 11.0. The molecule has 106 valence electrons. The van der Waals surface area contributed by atoms with Crippen molar-refractivity contribution in [1.29, 1.82) is 0 Å². The van der Waals surface area contributed by atoms with Crippen molar-refractivity contribution in [3.05, 3.63) is 53.6 Å². The Balaban J connectivity index is 1.82. The molecule has 7 heteroatoms. The molecule has 2 heterocycles. The van der Waals surface area contributed by atoms with Gasteiger partial charge < -0.3 is 15.0 Å². The van der Waals surface area contributed by atoms with Crippen LogP contribution in [0, 0.1) is 5.82 Å². The van der Waals surface area contributed by atoms with Crippen molar-refractivity contribution in [1.82, 2.24) is 4.98 Å². The number of halogens is 1. The Labute approximate surface area is 120 Å². The molecule has 0 saturated heterocycles. The number of carbonyl (C=O) groups excluding carboxylic acids is 1. The summed E-state index contributed by atoms with van der Waals surface area (Å²) in [6, 6.07) is 7.44. The van der Waals surface area contributed by atoms with Crippen molar-refractivity contribution in [2.45, 2.75) is 6.42 Å². The van der Waals surface area contributed by atoms with Crippen LogP contribution in [-0.4, -0.2) is 29.6 Å². The van der Waals surface area contributed by atoms with Crippen molar-refractivity contribution >= 4 is 24.2 Å². The largest absolute Gasteiger partial charge is 0.491 e. The van der Waals surface area contributed by atoms with Gasteiger partial charge in [-0.3, -0.25) is 9.78 Å². The summed E-state index contributed by atoms with van der Waals surface area (Å²) >= 11 is 0. The number of rotatable bonds is 2. The number of amides is 1. The average molecular weight is 286 g/mol. The molecule has 0 fully saturated rings. The Morgan fingerprint density at radius 1 is 1.38 bits per heavy atom.